The molecule has 2 N–H and O–H groups in total. The van der Waals surface area contributed by atoms with E-state index in [0.717, 1.165) is 6.29 Å². The smallest absolute Gasteiger partial charge is 0.475 e. The number of rotatable bonds is 4. The maximum Gasteiger partial charge on any atom is 0.520 e. The molecule has 0 aromatic heterocycles. The average Bonchev–Trinajstić information content (AvgIpc) is 2.59. The topological polar surface area (TPSA) is 70.8 Å². The molecule has 1 heterocycles. The van der Waals surface area contributed by atoms with Gasteiger partial charge in [0.1, 0.15) is 12.0 Å². The number of hydrogen-bond donors (Lipinski definition) is 1. The summed E-state index contributed by atoms with van der Waals surface area (Å²) in [5.41, 5.74) is 4.62. The molecule has 0 aliphatic carbocycles. The second kappa shape index (κ2) is 5.12. The SMILES string of the molecule is CC1(C)OB([C@@](C)(N)Oc2cccc(C=O)c2)OC1(C)C. The highest BCUT2D eigenvalue weighted by Crippen LogP contribution is 2.39. The first kappa shape index (κ1) is 16.0. The van der Waals surface area contributed by atoms with Crippen molar-refractivity contribution in [1.82, 2.24) is 0 Å². The van der Waals surface area contributed by atoms with E-state index < -0.39 is 23.9 Å². The van der Waals surface area contributed by atoms with Gasteiger partial charge in [-0.1, -0.05) is 12.1 Å². The lowest BCUT2D eigenvalue weighted by Crippen LogP contribution is -2.58. The molecule has 0 spiro atoms. The summed E-state index contributed by atoms with van der Waals surface area (Å²) < 4.78 is 17.6. The van der Waals surface area contributed by atoms with Crippen LogP contribution in [0.25, 0.3) is 0 Å². The van der Waals surface area contributed by atoms with E-state index in [-0.39, 0.29) is 0 Å². The lowest BCUT2D eigenvalue weighted by atomic mass is 9.75. The maximum absolute atomic E-state index is 10.8. The summed E-state index contributed by atoms with van der Waals surface area (Å²) in [7, 11) is -0.706. The molecule has 114 valence electrons. The molecule has 2 rings (SSSR count). The van der Waals surface area contributed by atoms with Crippen LogP contribution in [-0.4, -0.2) is 30.2 Å². The summed E-state index contributed by atoms with van der Waals surface area (Å²) in [4.78, 5) is 10.8. The van der Waals surface area contributed by atoms with Gasteiger partial charge >= 0.3 is 7.12 Å². The number of carbonyl (C=O) groups is 1. The second-order valence-electron chi connectivity index (χ2n) is 6.56. The molecule has 1 aromatic carbocycles. The van der Waals surface area contributed by atoms with Crippen molar-refractivity contribution in [3.05, 3.63) is 29.8 Å². The Bertz CT molecular complexity index is 526. The minimum absolute atomic E-state index is 0.480. The van der Waals surface area contributed by atoms with Crippen LogP contribution < -0.4 is 10.5 Å². The van der Waals surface area contributed by atoms with Crippen molar-refractivity contribution in [3.63, 3.8) is 0 Å². The number of nitrogens with two attached hydrogens (primary N) is 1. The van der Waals surface area contributed by atoms with Gasteiger partial charge in [-0.3, -0.25) is 10.5 Å². The predicted molar refractivity (Wildman–Crippen MR) is 81.1 cm³/mol. The lowest BCUT2D eigenvalue weighted by molar-refractivity contribution is 0.00578. The van der Waals surface area contributed by atoms with Crippen molar-refractivity contribution in [2.45, 2.75) is 51.4 Å². The Morgan fingerprint density at radius 2 is 1.81 bits per heavy atom. The van der Waals surface area contributed by atoms with Crippen molar-refractivity contribution >= 4 is 13.4 Å². The number of ether oxygens (including phenoxy) is 1. The van der Waals surface area contributed by atoms with Crippen molar-refractivity contribution in [2.75, 3.05) is 0 Å². The standard InChI is InChI=1S/C15H22BNO4/c1-13(2)14(3,4)21-16(20-13)15(5,17)19-12-8-6-7-11(9-12)10-18/h6-10H,17H2,1-5H3/t15-/m0/s1. The van der Waals surface area contributed by atoms with E-state index in [2.05, 4.69) is 0 Å². The minimum Gasteiger partial charge on any atom is -0.475 e. The van der Waals surface area contributed by atoms with Gasteiger partial charge in [-0.15, -0.1) is 0 Å². The van der Waals surface area contributed by atoms with Crippen LogP contribution in [0.2, 0.25) is 0 Å². The van der Waals surface area contributed by atoms with Crippen LogP contribution >= 0.6 is 0 Å². The number of benzene rings is 1. The monoisotopic (exact) mass is 291 g/mol. The van der Waals surface area contributed by atoms with E-state index >= 15 is 0 Å². The van der Waals surface area contributed by atoms with E-state index in [0.29, 0.717) is 11.3 Å². The van der Waals surface area contributed by atoms with Gasteiger partial charge in [-0.2, -0.15) is 0 Å². The molecule has 0 amide bonds. The molecule has 1 aliphatic rings. The molecular formula is C15H22BNO4. The quantitative estimate of drug-likeness (QED) is 0.523. The van der Waals surface area contributed by atoms with Gasteiger partial charge in [-0.25, -0.2) is 0 Å². The molecule has 1 saturated heterocycles. The van der Waals surface area contributed by atoms with Gasteiger partial charge in [0, 0.05) is 5.56 Å². The van der Waals surface area contributed by atoms with Crippen LogP contribution in [-0.2, 0) is 9.31 Å². The van der Waals surface area contributed by atoms with Gasteiger partial charge < -0.3 is 14.0 Å². The first-order valence-corrected chi connectivity index (χ1v) is 6.96. The van der Waals surface area contributed by atoms with Crippen molar-refractivity contribution < 1.29 is 18.8 Å². The fourth-order valence-electron chi connectivity index (χ4n) is 2.03. The van der Waals surface area contributed by atoms with Crippen LogP contribution in [0.3, 0.4) is 0 Å². The summed E-state index contributed by atoms with van der Waals surface area (Å²) in [6, 6.07) is 6.80. The van der Waals surface area contributed by atoms with Crippen molar-refractivity contribution in [3.8, 4) is 5.75 Å². The molecule has 0 unspecified atom stereocenters. The largest absolute Gasteiger partial charge is 0.520 e. The second-order valence-corrected chi connectivity index (χ2v) is 6.56. The molecular weight excluding hydrogens is 269 g/mol. The molecule has 6 heteroatoms. The Labute approximate surface area is 125 Å². The third-order valence-electron chi connectivity index (χ3n) is 4.05. The van der Waals surface area contributed by atoms with Gasteiger partial charge in [0.2, 0.25) is 0 Å². The maximum atomic E-state index is 10.8. The number of hydrogen-bond acceptors (Lipinski definition) is 5. The average molecular weight is 291 g/mol. The Kier molecular flexibility index (Phi) is 3.91. The highest BCUT2D eigenvalue weighted by atomic mass is 16.7. The van der Waals surface area contributed by atoms with Gasteiger partial charge in [0.05, 0.1) is 11.2 Å². The molecule has 1 atom stereocenters. The van der Waals surface area contributed by atoms with Crippen LogP contribution in [0.4, 0.5) is 0 Å². The molecule has 1 fully saturated rings. The summed E-state index contributed by atoms with van der Waals surface area (Å²) in [5, 5.41) is 0. The zero-order chi connectivity index (χ0) is 15.9. The van der Waals surface area contributed by atoms with E-state index in [9.17, 15) is 4.79 Å². The Balaban J connectivity index is 2.17. The summed E-state index contributed by atoms with van der Waals surface area (Å²) in [6.07, 6.45) is 0.759. The van der Waals surface area contributed by atoms with E-state index in [1.165, 1.54) is 0 Å². The molecule has 21 heavy (non-hydrogen) atoms. The van der Waals surface area contributed by atoms with Crippen molar-refractivity contribution in [1.29, 1.82) is 0 Å². The Morgan fingerprint density at radius 3 is 2.33 bits per heavy atom. The molecule has 0 saturated carbocycles. The van der Waals surface area contributed by atoms with Crippen LogP contribution in [0.5, 0.6) is 5.75 Å². The van der Waals surface area contributed by atoms with E-state index in [1.807, 2.05) is 27.7 Å². The van der Waals surface area contributed by atoms with E-state index in [4.69, 9.17) is 19.8 Å². The molecule has 1 aliphatic heterocycles. The first-order valence-electron chi connectivity index (χ1n) is 6.96. The first-order chi connectivity index (χ1) is 9.57. The Hall–Kier alpha value is -1.37. The van der Waals surface area contributed by atoms with Crippen LogP contribution in [0, 0.1) is 0 Å². The third kappa shape index (κ3) is 3.12. The summed E-state index contributed by atoms with van der Waals surface area (Å²) in [6.45, 7) is 9.51. The van der Waals surface area contributed by atoms with Crippen LogP contribution in [0.15, 0.2) is 24.3 Å². The highest BCUT2D eigenvalue weighted by Gasteiger charge is 2.58. The van der Waals surface area contributed by atoms with Crippen LogP contribution in [0.1, 0.15) is 45.0 Å². The molecule has 1 aromatic rings. The fourth-order valence-corrected chi connectivity index (χ4v) is 2.03. The number of carbonyl (C=O) groups excluding carboxylic acids is 1. The van der Waals surface area contributed by atoms with Crippen molar-refractivity contribution in [2.24, 2.45) is 5.73 Å². The summed E-state index contributed by atoms with van der Waals surface area (Å²) >= 11 is 0. The normalized spacial score (nSPS) is 22.7. The fraction of sp³-hybridized carbons (Fsp3) is 0.533. The Morgan fingerprint density at radius 1 is 1.24 bits per heavy atom. The van der Waals surface area contributed by atoms with Gasteiger partial charge in [0.25, 0.3) is 0 Å². The van der Waals surface area contributed by atoms with Gasteiger partial charge in [-0.05, 0) is 46.8 Å². The van der Waals surface area contributed by atoms with E-state index in [1.54, 1.807) is 31.2 Å². The summed E-state index contributed by atoms with van der Waals surface area (Å²) in [5.74, 6) is 0.499. The third-order valence-corrected chi connectivity index (χ3v) is 4.05. The minimum atomic E-state index is -1.17. The van der Waals surface area contributed by atoms with Gasteiger partial charge in [0.15, 0.2) is 5.62 Å². The molecule has 0 bridgehead atoms. The molecule has 5 nitrogen and oxygen atoms in total. The predicted octanol–water partition coefficient (Wildman–Crippen LogP) is 2.18. The molecule has 0 radical (unpaired) electrons. The highest BCUT2D eigenvalue weighted by molar-refractivity contribution is 6.49. The number of aldehydes is 1. The lowest BCUT2D eigenvalue weighted by Gasteiger charge is -2.32. The zero-order valence-corrected chi connectivity index (χ0v) is 13.2. The zero-order valence-electron chi connectivity index (χ0n) is 13.2.